The second kappa shape index (κ2) is 5.42. The lowest BCUT2D eigenvalue weighted by atomic mass is 10.3. The van der Waals surface area contributed by atoms with Crippen LogP contribution >= 0.6 is 0 Å². The van der Waals surface area contributed by atoms with Crippen LogP contribution in [0.3, 0.4) is 0 Å². The molecule has 0 fully saturated rings. The number of hydrogen-bond acceptors (Lipinski definition) is 1. The maximum Gasteiger partial charge on any atom is 0.0984 e. The molecule has 0 N–H and O–H groups in total. The minimum atomic E-state index is 0.263. The highest BCUT2D eigenvalue weighted by Gasteiger charge is 1.92. The van der Waals surface area contributed by atoms with Gasteiger partial charge in [0, 0.05) is 6.42 Å². The van der Waals surface area contributed by atoms with Crippen LogP contribution in [0, 0.1) is 0 Å². The van der Waals surface area contributed by atoms with E-state index in [0.717, 1.165) is 6.42 Å². The fourth-order valence-electron chi connectivity index (χ4n) is 0.503. The van der Waals surface area contributed by atoms with Gasteiger partial charge in [-0.05, 0) is 13.8 Å². The normalized spacial score (nSPS) is 13.6. The number of ether oxygens (including phenoxy) is 1. The first-order valence-corrected chi connectivity index (χ1v) is 3.18. The average molecular weight is 126 g/mol. The van der Waals surface area contributed by atoms with Crippen molar-refractivity contribution in [3.05, 3.63) is 25.0 Å². The van der Waals surface area contributed by atoms with Crippen molar-refractivity contribution in [1.82, 2.24) is 0 Å². The lowest BCUT2D eigenvalue weighted by molar-refractivity contribution is 0.164. The summed E-state index contributed by atoms with van der Waals surface area (Å²) in [5.41, 5.74) is 0. The Balaban J connectivity index is 3.25. The molecule has 1 unspecified atom stereocenters. The largest absolute Gasteiger partial charge is 0.498 e. The monoisotopic (exact) mass is 126 g/mol. The highest BCUT2D eigenvalue weighted by atomic mass is 16.5. The highest BCUT2D eigenvalue weighted by Crippen LogP contribution is 1.97. The molecule has 0 amide bonds. The molecule has 9 heavy (non-hydrogen) atoms. The fraction of sp³-hybridized carbons (Fsp3) is 0.500. The average Bonchev–Trinajstić information content (AvgIpc) is 1.85. The minimum Gasteiger partial charge on any atom is -0.498 e. The third kappa shape index (κ3) is 5.15. The molecule has 1 nitrogen and oxygen atoms in total. The molecule has 52 valence electrons. The maximum atomic E-state index is 5.18. The highest BCUT2D eigenvalue weighted by molar-refractivity contribution is 4.73. The van der Waals surface area contributed by atoms with Crippen LogP contribution in [-0.4, -0.2) is 6.10 Å². The van der Waals surface area contributed by atoms with Gasteiger partial charge in [-0.2, -0.15) is 0 Å². The summed E-state index contributed by atoms with van der Waals surface area (Å²) in [6.45, 7) is 7.55. The van der Waals surface area contributed by atoms with Gasteiger partial charge in [-0.3, -0.25) is 0 Å². The zero-order chi connectivity index (χ0) is 7.11. The van der Waals surface area contributed by atoms with Crippen LogP contribution in [0.4, 0.5) is 0 Å². The Morgan fingerprint density at radius 2 is 2.33 bits per heavy atom. The fourth-order valence-corrected chi connectivity index (χ4v) is 0.503. The molecule has 0 aromatic rings. The third-order valence-corrected chi connectivity index (χ3v) is 0.946. The smallest absolute Gasteiger partial charge is 0.0984 e. The van der Waals surface area contributed by atoms with Crippen molar-refractivity contribution < 1.29 is 4.74 Å². The molecule has 0 radical (unpaired) electrons. The van der Waals surface area contributed by atoms with Gasteiger partial charge >= 0.3 is 0 Å². The molecule has 0 saturated heterocycles. The van der Waals surface area contributed by atoms with E-state index in [9.17, 15) is 0 Å². The van der Waals surface area contributed by atoms with Gasteiger partial charge in [-0.1, -0.05) is 12.2 Å². The molecule has 0 aromatic heterocycles. The Morgan fingerprint density at radius 3 is 2.78 bits per heavy atom. The van der Waals surface area contributed by atoms with Gasteiger partial charge in [0.05, 0.1) is 12.4 Å². The molecule has 0 bridgehead atoms. The van der Waals surface area contributed by atoms with E-state index in [1.54, 1.807) is 6.26 Å². The lowest BCUT2D eigenvalue weighted by Crippen LogP contribution is -2.00. The Morgan fingerprint density at radius 1 is 1.67 bits per heavy atom. The van der Waals surface area contributed by atoms with E-state index in [4.69, 9.17) is 4.74 Å². The molecular formula is C8H14O. The summed E-state index contributed by atoms with van der Waals surface area (Å²) < 4.78 is 5.18. The predicted molar refractivity (Wildman–Crippen MR) is 40.2 cm³/mol. The van der Waals surface area contributed by atoms with E-state index in [1.807, 2.05) is 26.0 Å². The van der Waals surface area contributed by atoms with E-state index in [2.05, 4.69) is 6.58 Å². The predicted octanol–water partition coefficient (Wildman–Crippen LogP) is 2.50. The molecule has 1 atom stereocenters. The van der Waals surface area contributed by atoms with Gasteiger partial charge in [0.1, 0.15) is 0 Å². The summed E-state index contributed by atoms with van der Waals surface area (Å²) in [5.74, 6) is 0. The molecule has 0 spiro atoms. The van der Waals surface area contributed by atoms with Crippen molar-refractivity contribution in [2.45, 2.75) is 26.4 Å². The summed E-state index contributed by atoms with van der Waals surface area (Å²) in [6.07, 6.45) is 6.60. The van der Waals surface area contributed by atoms with Crippen LogP contribution in [0.25, 0.3) is 0 Å². The van der Waals surface area contributed by atoms with Gasteiger partial charge < -0.3 is 4.74 Å². The van der Waals surface area contributed by atoms with E-state index in [0.29, 0.717) is 0 Å². The first-order chi connectivity index (χ1) is 4.31. The van der Waals surface area contributed by atoms with Crippen molar-refractivity contribution in [3.8, 4) is 0 Å². The summed E-state index contributed by atoms with van der Waals surface area (Å²) >= 11 is 0. The van der Waals surface area contributed by atoms with E-state index in [1.165, 1.54) is 0 Å². The van der Waals surface area contributed by atoms with Crippen molar-refractivity contribution in [2.24, 2.45) is 0 Å². The number of rotatable bonds is 4. The molecular weight excluding hydrogens is 112 g/mol. The van der Waals surface area contributed by atoms with Gasteiger partial charge in [0.15, 0.2) is 0 Å². The summed E-state index contributed by atoms with van der Waals surface area (Å²) in [6, 6.07) is 0. The van der Waals surface area contributed by atoms with Crippen LogP contribution in [0.2, 0.25) is 0 Å². The molecule has 0 saturated carbocycles. The second-order valence-corrected chi connectivity index (χ2v) is 1.94. The standard InChI is InChI=1S/C8H14O/c1-4-6-8(3)9-7-5-2/h4-5,7-8H,1,6H2,2-3H3. The number of hydrogen-bond donors (Lipinski definition) is 0. The molecule has 1 heteroatoms. The molecule has 0 rings (SSSR count). The Labute approximate surface area is 57.0 Å². The first kappa shape index (κ1) is 8.28. The van der Waals surface area contributed by atoms with Crippen LogP contribution in [-0.2, 0) is 4.74 Å². The van der Waals surface area contributed by atoms with E-state index < -0.39 is 0 Å². The quantitative estimate of drug-likeness (QED) is 0.415. The zero-order valence-corrected chi connectivity index (χ0v) is 6.13. The number of allylic oxidation sites excluding steroid dienone is 1. The van der Waals surface area contributed by atoms with Crippen LogP contribution in [0.1, 0.15) is 20.3 Å². The molecule has 0 heterocycles. The van der Waals surface area contributed by atoms with Gasteiger partial charge in [-0.15, -0.1) is 6.58 Å². The van der Waals surface area contributed by atoms with Crippen molar-refractivity contribution in [2.75, 3.05) is 0 Å². The summed E-state index contributed by atoms with van der Waals surface area (Å²) in [5, 5.41) is 0. The van der Waals surface area contributed by atoms with Crippen LogP contribution in [0.15, 0.2) is 25.0 Å². The molecule has 0 aliphatic carbocycles. The van der Waals surface area contributed by atoms with Gasteiger partial charge in [-0.25, -0.2) is 0 Å². The van der Waals surface area contributed by atoms with E-state index >= 15 is 0 Å². The topological polar surface area (TPSA) is 9.23 Å². The van der Waals surface area contributed by atoms with Gasteiger partial charge in [0.25, 0.3) is 0 Å². The first-order valence-electron chi connectivity index (χ1n) is 3.18. The summed E-state index contributed by atoms with van der Waals surface area (Å²) in [7, 11) is 0. The van der Waals surface area contributed by atoms with Crippen molar-refractivity contribution in [3.63, 3.8) is 0 Å². The van der Waals surface area contributed by atoms with Gasteiger partial charge in [0.2, 0.25) is 0 Å². The molecule has 0 aromatic carbocycles. The van der Waals surface area contributed by atoms with Crippen molar-refractivity contribution >= 4 is 0 Å². The van der Waals surface area contributed by atoms with Crippen molar-refractivity contribution in [1.29, 1.82) is 0 Å². The Kier molecular flexibility index (Phi) is 4.98. The minimum absolute atomic E-state index is 0.263. The SMILES string of the molecule is C=CCC(C)OC=CC. The van der Waals surface area contributed by atoms with Crippen LogP contribution < -0.4 is 0 Å². The second-order valence-electron chi connectivity index (χ2n) is 1.94. The van der Waals surface area contributed by atoms with Crippen LogP contribution in [0.5, 0.6) is 0 Å². The van der Waals surface area contributed by atoms with E-state index in [-0.39, 0.29) is 6.10 Å². The Hall–Kier alpha value is -0.720. The molecule has 0 aliphatic rings. The summed E-state index contributed by atoms with van der Waals surface area (Å²) in [4.78, 5) is 0. The Bertz CT molecular complexity index is 94.7. The zero-order valence-electron chi connectivity index (χ0n) is 6.13. The maximum absolute atomic E-state index is 5.18. The lowest BCUT2D eigenvalue weighted by Gasteiger charge is -2.06. The third-order valence-electron chi connectivity index (χ3n) is 0.946. The molecule has 0 aliphatic heterocycles.